The zero-order chi connectivity index (χ0) is 22.3. The average molecular weight is 424 g/mol. The molecule has 0 aliphatic rings. The first-order valence-electron chi connectivity index (χ1n) is 11.3. The zero-order valence-corrected chi connectivity index (χ0v) is 18.7. The van der Waals surface area contributed by atoms with Crippen molar-refractivity contribution in [2.75, 3.05) is 11.9 Å². The van der Waals surface area contributed by atoms with Gasteiger partial charge in [0, 0.05) is 17.7 Å². The number of carbonyl (C=O) groups is 1. The van der Waals surface area contributed by atoms with Gasteiger partial charge in [0.05, 0.1) is 12.6 Å². The van der Waals surface area contributed by atoms with Crippen LogP contribution in [0.1, 0.15) is 47.8 Å². The summed E-state index contributed by atoms with van der Waals surface area (Å²) in [6, 6.07) is 30.3. The number of aryl methyl sites for hydroxylation is 1. The van der Waals surface area contributed by atoms with Crippen LogP contribution in [0.3, 0.4) is 0 Å². The van der Waals surface area contributed by atoms with Crippen LogP contribution in [0.25, 0.3) is 10.8 Å². The highest BCUT2D eigenvalue weighted by Gasteiger charge is 2.18. The molecule has 4 aromatic carbocycles. The molecule has 4 rings (SSSR count). The number of nitrogens with one attached hydrogen (secondary N) is 1. The van der Waals surface area contributed by atoms with Crippen molar-refractivity contribution in [2.45, 2.75) is 32.7 Å². The molecule has 4 aromatic rings. The number of anilines is 1. The lowest BCUT2D eigenvalue weighted by molar-refractivity contribution is 0.0976. The van der Waals surface area contributed by atoms with E-state index in [0.29, 0.717) is 13.0 Å². The van der Waals surface area contributed by atoms with Gasteiger partial charge in [0.2, 0.25) is 0 Å². The van der Waals surface area contributed by atoms with Crippen LogP contribution in [0, 0.1) is 0 Å². The molecule has 0 saturated carbocycles. The molecule has 1 atom stereocenters. The molecule has 0 amide bonds. The molecule has 0 fully saturated rings. The van der Waals surface area contributed by atoms with Crippen LogP contribution in [-0.4, -0.2) is 12.4 Å². The van der Waals surface area contributed by atoms with Gasteiger partial charge in [-0.1, -0.05) is 67.6 Å². The Morgan fingerprint density at radius 2 is 1.56 bits per heavy atom. The number of fused-ring (bicyclic) bond motifs is 1. The molecular formula is C29H29NO2. The lowest BCUT2D eigenvalue weighted by Gasteiger charge is -2.21. The molecule has 32 heavy (non-hydrogen) atoms. The maximum absolute atomic E-state index is 13.3. The van der Waals surface area contributed by atoms with Gasteiger partial charge < -0.3 is 10.1 Å². The molecule has 3 nitrogen and oxygen atoms in total. The molecule has 0 radical (unpaired) electrons. The SMILES string of the molecule is CCOc1ccc(C(CC(=O)c2ccc3ccccc3c2)Nc2ccc(CC)cc2)cc1. The molecule has 1 unspecified atom stereocenters. The third kappa shape index (κ3) is 5.17. The maximum atomic E-state index is 13.3. The predicted molar refractivity (Wildman–Crippen MR) is 133 cm³/mol. The maximum Gasteiger partial charge on any atom is 0.165 e. The minimum Gasteiger partial charge on any atom is -0.494 e. The average Bonchev–Trinajstić information content (AvgIpc) is 2.84. The van der Waals surface area contributed by atoms with Gasteiger partial charge in [0.25, 0.3) is 0 Å². The van der Waals surface area contributed by atoms with Crippen molar-refractivity contribution < 1.29 is 9.53 Å². The molecule has 162 valence electrons. The third-order valence-electron chi connectivity index (χ3n) is 5.76. The summed E-state index contributed by atoms with van der Waals surface area (Å²) in [6.07, 6.45) is 1.37. The smallest absolute Gasteiger partial charge is 0.165 e. The van der Waals surface area contributed by atoms with Gasteiger partial charge >= 0.3 is 0 Å². The summed E-state index contributed by atoms with van der Waals surface area (Å²) >= 11 is 0. The predicted octanol–water partition coefficient (Wildman–Crippen LogP) is 7.23. The summed E-state index contributed by atoms with van der Waals surface area (Å²) < 4.78 is 5.59. The first-order valence-corrected chi connectivity index (χ1v) is 11.3. The molecule has 0 aliphatic heterocycles. The number of hydrogen-bond acceptors (Lipinski definition) is 3. The molecular weight excluding hydrogens is 394 g/mol. The Morgan fingerprint density at radius 1 is 0.844 bits per heavy atom. The number of ether oxygens (including phenoxy) is 1. The van der Waals surface area contributed by atoms with Crippen molar-refractivity contribution in [2.24, 2.45) is 0 Å². The monoisotopic (exact) mass is 423 g/mol. The highest BCUT2D eigenvalue weighted by atomic mass is 16.5. The minimum absolute atomic E-state index is 0.118. The highest BCUT2D eigenvalue weighted by Crippen LogP contribution is 2.27. The lowest BCUT2D eigenvalue weighted by atomic mass is 9.96. The van der Waals surface area contributed by atoms with Crippen molar-refractivity contribution in [3.05, 3.63) is 108 Å². The molecule has 1 N–H and O–H groups in total. The van der Waals surface area contributed by atoms with Crippen LogP contribution in [-0.2, 0) is 6.42 Å². The number of carbonyl (C=O) groups excluding carboxylic acids is 1. The fourth-order valence-corrected chi connectivity index (χ4v) is 3.92. The van der Waals surface area contributed by atoms with E-state index in [4.69, 9.17) is 4.74 Å². The van der Waals surface area contributed by atoms with Crippen LogP contribution in [0.15, 0.2) is 91.0 Å². The van der Waals surface area contributed by atoms with Crippen molar-refractivity contribution in [3.63, 3.8) is 0 Å². The van der Waals surface area contributed by atoms with E-state index in [1.165, 1.54) is 5.56 Å². The van der Waals surface area contributed by atoms with Gasteiger partial charge in [0.1, 0.15) is 5.75 Å². The Hall–Kier alpha value is -3.59. The van der Waals surface area contributed by atoms with Gasteiger partial charge in [-0.2, -0.15) is 0 Å². The Balaban J connectivity index is 1.59. The molecule has 0 heterocycles. The Morgan fingerprint density at radius 3 is 2.25 bits per heavy atom. The van der Waals surface area contributed by atoms with Crippen molar-refractivity contribution in [1.82, 2.24) is 0 Å². The second kappa shape index (κ2) is 10.1. The van der Waals surface area contributed by atoms with Gasteiger partial charge in [-0.15, -0.1) is 0 Å². The summed E-state index contributed by atoms with van der Waals surface area (Å²) in [7, 11) is 0. The molecule has 0 aliphatic carbocycles. The summed E-state index contributed by atoms with van der Waals surface area (Å²) in [5.74, 6) is 0.954. The number of Topliss-reactive ketones (excluding diaryl/α,β-unsaturated/α-hetero) is 1. The normalized spacial score (nSPS) is 11.8. The van der Waals surface area contributed by atoms with Crippen molar-refractivity contribution >= 4 is 22.2 Å². The molecule has 0 saturated heterocycles. The first kappa shape index (κ1) is 21.6. The molecule has 0 spiro atoms. The summed E-state index contributed by atoms with van der Waals surface area (Å²) in [5.41, 5.74) is 4.10. The van der Waals surface area contributed by atoms with Gasteiger partial charge in [-0.3, -0.25) is 4.79 Å². The van der Waals surface area contributed by atoms with Crippen molar-refractivity contribution in [1.29, 1.82) is 0 Å². The summed E-state index contributed by atoms with van der Waals surface area (Å²) in [5, 5.41) is 5.80. The van der Waals surface area contributed by atoms with Gasteiger partial charge in [0.15, 0.2) is 5.78 Å². The van der Waals surface area contributed by atoms with Gasteiger partial charge in [-0.25, -0.2) is 0 Å². The van der Waals surface area contributed by atoms with E-state index in [1.807, 2.05) is 67.6 Å². The second-order valence-corrected chi connectivity index (χ2v) is 7.94. The van der Waals surface area contributed by atoms with Crippen LogP contribution in [0.5, 0.6) is 5.75 Å². The largest absolute Gasteiger partial charge is 0.494 e. The highest BCUT2D eigenvalue weighted by molar-refractivity contribution is 6.00. The fourth-order valence-electron chi connectivity index (χ4n) is 3.92. The lowest BCUT2D eigenvalue weighted by Crippen LogP contribution is -2.16. The standard InChI is InChI=1S/C29H29NO2/c1-3-21-9-15-26(16-10-21)30-28(23-13-17-27(18-14-23)32-4-2)20-29(31)25-12-11-22-7-5-6-8-24(22)19-25/h5-19,28,30H,3-4,20H2,1-2H3. The Kier molecular flexibility index (Phi) is 6.86. The minimum atomic E-state index is -0.142. The van der Waals surface area contributed by atoms with E-state index in [2.05, 4.69) is 42.6 Å². The Bertz CT molecular complexity index is 1180. The van der Waals surface area contributed by atoms with Crippen LogP contribution in [0.4, 0.5) is 5.69 Å². The number of ketones is 1. The van der Waals surface area contributed by atoms with E-state index in [-0.39, 0.29) is 11.8 Å². The quantitative estimate of drug-likeness (QED) is 0.289. The van der Waals surface area contributed by atoms with E-state index < -0.39 is 0 Å². The van der Waals surface area contributed by atoms with E-state index in [9.17, 15) is 4.79 Å². The number of hydrogen-bond donors (Lipinski definition) is 1. The molecule has 0 aromatic heterocycles. The number of rotatable bonds is 9. The van der Waals surface area contributed by atoms with Crippen LogP contribution < -0.4 is 10.1 Å². The molecule has 3 heteroatoms. The van der Waals surface area contributed by atoms with E-state index in [0.717, 1.165) is 39.8 Å². The van der Waals surface area contributed by atoms with Crippen molar-refractivity contribution in [3.8, 4) is 5.75 Å². The summed E-state index contributed by atoms with van der Waals surface area (Å²) in [6.45, 7) is 4.75. The van der Waals surface area contributed by atoms with E-state index >= 15 is 0 Å². The second-order valence-electron chi connectivity index (χ2n) is 7.94. The van der Waals surface area contributed by atoms with Gasteiger partial charge in [-0.05, 0) is 65.6 Å². The number of benzene rings is 4. The first-order chi connectivity index (χ1) is 15.7. The third-order valence-corrected chi connectivity index (χ3v) is 5.76. The zero-order valence-electron chi connectivity index (χ0n) is 18.7. The van der Waals surface area contributed by atoms with E-state index in [1.54, 1.807) is 0 Å². The molecule has 0 bridgehead atoms. The Labute approximate surface area is 190 Å². The van der Waals surface area contributed by atoms with Crippen LogP contribution >= 0.6 is 0 Å². The van der Waals surface area contributed by atoms with Crippen LogP contribution in [0.2, 0.25) is 0 Å². The fraction of sp³-hybridized carbons (Fsp3) is 0.207. The summed E-state index contributed by atoms with van der Waals surface area (Å²) in [4.78, 5) is 13.3. The topological polar surface area (TPSA) is 38.3 Å².